The van der Waals surface area contributed by atoms with Crippen molar-refractivity contribution in [1.82, 2.24) is 0 Å². The molecule has 0 bridgehead atoms. The largest absolute Gasteiger partial charge is 0.103 e. The van der Waals surface area contributed by atoms with Crippen molar-refractivity contribution in [1.29, 1.82) is 0 Å². The molecule has 0 aromatic rings. The lowest BCUT2D eigenvalue weighted by atomic mass is 9.83. The first-order valence-corrected chi connectivity index (χ1v) is 4.16. The van der Waals surface area contributed by atoms with Crippen molar-refractivity contribution in [2.45, 2.75) is 40.0 Å². The maximum absolute atomic E-state index is 2.39. The molecule has 0 aliphatic heterocycles. The quantitative estimate of drug-likeness (QED) is 0.384. The highest BCUT2D eigenvalue weighted by Crippen LogP contribution is 2.29. The Morgan fingerprint density at radius 2 is 2.20 bits per heavy atom. The minimum Gasteiger partial charge on any atom is -0.0811 e. The smallest absolute Gasteiger partial charge is 0.0811 e. The van der Waals surface area contributed by atoms with Crippen molar-refractivity contribution in [2.75, 3.05) is 0 Å². The molecule has 0 aromatic carbocycles. The van der Waals surface area contributed by atoms with Gasteiger partial charge in [0.15, 0.2) is 0 Å². The normalized spacial score (nSPS) is 25.9. The Morgan fingerprint density at radius 1 is 1.50 bits per heavy atom. The molecule has 0 heteroatoms. The van der Waals surface area contributed by atoms with Crippen LogP contribution in [0.3, 0.4) is 0 Å². The average Bonchev–Trinajstić information content (AvgIpc) is 1.88. The van der Waals surface area contributed by atoms with Gasteiger partial charge in [-0.1, -0.05) is 11.6 Å². The van der Waals surface area contributed by atoms with Gasteiger partial charge in [-0.15, -0.1) is 0 Å². The average molecular weight is 137 g/mol. The molecule has 1 atom stereocenters. The Morgan fingerprint density at radius 3 is 2.60 bits per heavy atom. The molecule has 0 amide bonds. The number of hydrogen-bond acceptors (Lipinski definition) is 0. The van der Waals surface area contributed by atoms with Crippen LogP contribution in [0.4, 0.5) is 0 Å². The van der Waals surface area contributed by atoms with Crippen molar-refractivity contribution in [3.8, 4) is 0 Å². The summed E-state index contributed by atoms with van der Waals surface area (Å²) in [6, 6.07) is 0. The van der Waals surface area contributed by atoms with Gasteiger partial charge in [0, 0.05) is 6.42 Å². The second kappa shape index (κ2) is 3.14. The van der Waals surface area contributed by atoms with E-state index in [1.165, 1.54) is 19.3 Å². The van der Waals surface area contributed by atoms with E-state index in [2.05, 4.69) is 26.8 Å². The monoisotopic (exact) mass is 137 g/mol. The highest BCUT2D eigenvalue weighted by atomic mass is 14.2. The molecule has 0 N–H and O–H groups in total. The zero-order valence-electron chi connectivity index (χ0n) is 7.28. The molecule has 0 spiro atoms. The van der Waals surface area contributed by atoms with Crippen LogP contribution < -0.4 is 0 Å². The van der Waals surface area contributed by atoms with E-state index in [1.54, 1.807) is 11.5 Å². The van der Waals surface area contributed by atoms with E-state index < -0.39 is 0 Å². The Labute approximate surface area is 64.3 Å². The molecule has 0 heterocycles. The Hall–Kier alpha value is -0.390. The zero-order chi connectivity index (χ0) is 7.56. The molecular formula is C10H17+. The van der Waals surface area contributed by atoms with Gasteiger partial charge < -0.3 is 0 Å². The minimum absolute atomic E-state index is 0.878. The lowest BCUT2D eigenvalue weighted by molar-refractivity contribution is 0.488. The summed E-state index contributed by atoms with van der Waals surface area (Å²) in [5, 5.41) is 0. The van der Waals surface area contributed by atoms with Crippen molar-refractivity contribution in [2.24, 2.45) is 5.92 Å². The lowest BCUT2D eigenvalue weighted by Crippen LogP contribution is -2.09. The second-order valence-electron chi connectivity index (χ2n) is 3.60. The number of allylic oxidation sites excluding steroid dienone is 2. The van der Waals surface area contributed by atoms with E-state index in [1.807, 2.05) is 0 Å². The van der Waals surface area contributed by atoms with Gasteiger partial charge in [0.2, 0.25) is 0 Å². The van der Waals surface area contributed by atoms with Crippen LogP contribution in [0.25, 0.3) is 0 Å². The van der Waals surface area contributed by atoms with E-state index in [0.717, 1.165) is 5.92 Å². The van der Waals surface area contributed by atoms with E-state index in [-0.39, 0.29) is 0 Å². The zero-order valence-corrected chi connectivity index (χ0v) is 7.28. The fourth-order valence-electron chi connectivity index (χ4n) is 1.49. The van der Waals surface area contributed by atoms with Crippen LogP contribution in [-0.4, -0.2) is 0 Å². The highest BCUT2D eigenvalue weighted by molar-refractivity contribution is 5.07. The third-order valence-electron chi connectivity index (χ3n) is 2.45. The SMILES string of the molecule is CC1=CC[C@H]([C+](C)C)CC1. The fourth-order valence-corrected chi connectivity index (χ4v) is 1.49. The summed E-state index contributed by atoms with van der Waals surface area (Å²) in [4.78, 5) is 0. The van der Waals surface area contributed by atoms with Crippen molar-refractivity contribution < 1.29 is 0 Å². The second-order valence-corrected chi connectivity index (χ2v) is 3.60. The third-order valence-corrected chi connectivity index (χ3v) is 2.45. The van der Waals surface area contributed by atoms with Crippen molar-refractivity contribution in [3.63, 3.8) is 0 Å². The van der Waals surface area contributed by atoms with Crippen molar-refractivity contribution in [3.05, 3.63) is 17.6 Å². The van der Waals surface area contributed by atoms with Crippen LogP contribution >= 0.6 is 0 Å². The van der Waals surface area contributed by atoms with Gasteiger partial charge in [-0.3, -0.25) is 0 Å². The van der Waals surface area contributed by atoms with Gasteiger partial charge in [0.25, 0.3) is 0 Å². The summed E-state index contributed by atoms with van der Waals surface area (Å²) in [6.07, 6.45) is 6.37. The first-order chi connectivity index (χ1) is 4.70. The molecule has 0 radical (unpaired) electrons. The molecule has 0 unspecified atom stereocenters. The minimum atomic E-state index is 0.878. The molecule has 0 fully saturated rings. The molecule has 56 valence electrons. The van der Waals surface area contributed by atoms with E-state index >= 15 is 0 Å². The van der Waals surface area contributed by atoms with Crippen LogP contribution in [0.15, 0.2) is 11.6 Å². The van der Waals surface area contributed by atoms with E-state index in [0.29, 0.717) is 0 Å². The molecule has 0 nitrogen and oxygen atoms in total. The predicted molar refractivity (Wildman–Crippen MR) is 45.7 cm³/mol. The van der Waals surface area contributed by atoms with Crippen LogP contribution in [0.1, 0.15) is 40.0 Å². The highest BCUT2D eigenvalue weighted by Gasteiger charge is 2.23. The third kappa shape index (κ3) is 1.80. The van der Waals surface area contributed by atoms with Crippen LogP contribution in [-0.2, 0) is 0 Å². The van der Waals surface area contributed by atoms with Gasteiger partial charge in [-0.05, 0) is 19.8 Å². The van der Waals surface area contributed by atoms with Gasteiger partial charge in [-0.2, -0.15) is 0 Å². The Bertz CT molecular complexity index is 131. The molecular weight excluding hydrogens is 120 g/mol. The molecule has 0 saturated carbocycles. The maximum Gasteiger partial charge on any atom is 0.103 e. The first kappa shape index (κ1) is 7.71. The molecule has 0 saturated heterocycles. The predicted octanol–water partition coefficient (Wildman–Crippen LogP) is 3.35. The molecule has 1 rings (SSSR count). The summed E-state index contributed by atoms with van der Waals surface area (Å²) < 4.78 is 0. The fraction of sp³-hybridized carbons (Fsp3) is 0.700. The Kier molecular flexibility index (Phi) is 2.42. The van der Waals surface area contributed by atoms with Crippen LogP contribution in [0.2, 0.25) is 0 Å². The topological polar surface area (TPSA) is 0 Å². The Balaban J connectivity index is 2.42. The summed E-state index contributed by atoms with van der Waals surface area (Å²) >= 11 is 0. The van der Waals surface area contributed by atoms with E-state index in [9.17, 15) is 0 Å². The van der Waals surface area contributed by atoms with Gasteiger partial charge >= 0.3 is 0 Å². The number of rotatable bonds is 1. The first-order valence-electron chi connectivity index (χ1n) is 4.16. The van der Waals surface area contributed by atoms with Crippen LogP contribution in [0, 0.1) is 11.8 Å². The van der Waals surface area contributed by atoms with E-state index in [4.69, 9.17) is 0 Å². The molecule has 1 aliphatic rings. The summed E-state index contributed by atoms with van der Waals surface area (Å²) in [5.74, 6) is 2.48. The van der Waals surface area contributed by atoms with Gasteiger partial charge in [0.05, 0.1) is 19.8 Å². The molecule has 10 heavy (non-hydrogen) atoms. The van der Waals surface area contributed by atoms with Gasteiger partial charge in [0.1, 0.15) is 5.92 Å². The van der Waals surface area contributed by atoms with Crippen molar-refractivity contribution >= 4 is 0 Å². The standard InChI is InChI=1S/C10H17/c1-8(2)10-6-4-9(3)5-7-10/h4,10H,5-7H2,1-3H3/q+1/t10-/m0/s1. The molecule has 0 aromatic heterocycles. The molecule has 1 aliphatic carbocycles. The summed E-state index contributed by atoms with van der Waals surface area (Å²) in [5.41, 5.74) is 1.58. The summed E-state index contributed by atoms with van der Waals surface area (Å²) in [6.45, 7) is 6.74. The van der Waals surface area contributed by atoms with Gasteiger partial charge in [-0.25, -0.2) is 0 Å². The number of hydrogen-bond donors (Lipinski definition) is 0. The van der Waals surface area contributed by atoms with Crippen LogP contribution in [0.5, 0.6) is 0 Å². The lowest BCUT2D eigenvalue weighted by Gasteiger charge is -2.16. The maximum atomic E-state index is 2.39. The summed E-state index contributed by atoms with van der Waals surface area (Å²) in [7, 11) is 0.